The van der Waals surface area contributed by atoms with E-state index < -0.39 is 6.10 Å². The van der Waals surface area contributed by atoms with Crippen LogP contribution in [0.2, 0.25) is 10.0 Å². The molecule has 0 aliphatic heterocycles. The molecule has 2 aromatic rings. The van der Waals surface area contributed by atoms with Crippen molar-refractivity contribution in [2.75, 3.05) is 6.54 Å². The first-order valence-electron chi connectivity index (χ1n) is 7.43. The maximum Gasteiger partial charge on any atom is 0.165 e. The Bertz CT molecular complexity index is 665. The average Bonchev–Trinajstić information content (AvgIpc) is 2.54. The van der Waals surface area contributed by atoms with Crippen molar-refractivity contribution in [3.05, 3.63) is 69.7 Å². The average molecular weight is 389 g/mol. The number of hydrogen-bond acceptors (Lipinski definition) is 3. The first-order valence-corrected chi connectivity index (χ1v) is 8.19. The highest BCUT2D eigenvalue weighted by molar-refractivity contribution is 6.36. The summed E-state index contributed by atoms with van der Waals surface area (Å²) in [4.78, 5) is 12.2. The Balaban J connectivity index is 0.00000288. The Labute approximate surface area is 158 Å². The number of halogens is 3. The van der Waals surface area contributed by atoms with Gasteiger partial charge in [0.2, 0.25) is 0 Å². The van der Waals surface area contributed by atoms with Crippen molar-refractivity contribution in [3.8, 4) is 0 Å². The van der Waals surface area contributed by atoms with Gasteiger partial charge in [-0.1, -0.05) is 53.5 Å². The lowest BCUT2D eigenvalue weighted by Gasteiger charge is -2.20. The second kappa shape index (κ2) is 10.0. The van der Waals surface area contributed by atoms with Crippen LogP contribution >= 0.6 is 35.6 Å². The van der Waals surface area contributed by atoms with Crippen molar-refractivity contribution >= 4 is 41.4 Å². The molecule has 6 heteroatoms. The van der Waals surface area contributed by atoms with E-state index in [9.17, 15) is 9.90 Å². The maximum atomic E-state index is 12.2. The fourth-order valence-electron chi connectivity index (χ4n) is 2.31. The Morgan fingerprint density at radius 1 is 1.17 bits per heavy atom. The number of carbonyl (C=O) groups is 1. The van der Waals surface area contributed by atoms with E-state index in [0.29, 0.717) is 28.6 Å². The van der Waals surface area contributed by atoms with E-state index in [4.69, 9.17) is 23.2 Å². The summed E-state index contributed by atoms with van der Waals surface area (Å²) in [5.74, 6) is -0.0550. The number of aliphatic hydroxyl groups is 1. The van der Waals surface area contributed by atoms with Crippen LogP contribution in [0.25, 0.3) is 0 Å². The van der Waals surface area contributed by atoms with Crippen LogP contribution in [0.4, 0.5) is 0 Å². The predicted octanol–water partition coefficient (Wildman–Crippen LogP) is 4.70. The summed E-state index contributed by atoms with van der Waals surface area (Å²) in [5, 5.41) is 14.3. The Morgan fingerprint density at radius 2 is 1.83 bits per heavy atom. The minimum Gasteiger partial charge on any atom is -0.387 e. The molecule has 0 saturated heterocycles. The summed E-state index contributed by atoms with van der Waals surface area (Å²) in [5.41, 5.74) is 1.31. The standard InChI is InChI=1S/C18H19Cl2NO2.ClH/c1-12(18(23)13-5-3-2-4-6-13)21-10-9-17(22)15-8-7-14(19)11-16(15)20;/h2-8,11-12,18,21,23H,9-10H2,1H3;1H/t12-,18-;/m0./s1. The Morgan fingerprint density at radius 3 is 2.46 bits per heavy atom. The van der Waals surface area contributed by atoms with Crippen molar-refractivity contribution in [1.82, 2.24) is 5.32 Å². The van der Waals surface area contributed by atoms with Gasteiger partial charge in [0, 0.05) is 29.6 Å². The monoisotopic (exact) mass is 387 g/mol. The third-order valence-electron chi connectivity index (χ3n) is 3.66. The van der Waals surface area contributed by atoms with Gasteiger partial charge in [0.1, 0.15) is 0 Å². The predicted molar refractivity (Wildman–Crippen MR) is 102 cm³/mol. The number of nitrogens with one attached hydrogen (secondary N) is 1. The second-order valence-electron chi connectivity index (χ2n) is 5.40. The number of benzene rings is 2. The topological polar surface area (TPSA) is 49.3 Å². The molecule has 0 radical (unpaired) electrons. The molecule has 0 saturated carbocycles. The van der Waals surface area contributed by atoms with Gasteiger partial charge in [-0.15, -0.1) is 12.4 Å². The molecule has 0 aliphatic carbocycles. The fourth-order valence-corrected chi connectivity index (χ4v) is 2.83. The summed E-state index contributed by atoms with van der Waals surface area (Å²) in [6.07, 6.45) is -0.321. The minimum absolute atomic E-state index is 0. The van der Waals surface area contributed by atoms with Crippen molar-refractivity contribution in [2.24, 2.45) is 0 Å². The summed E-state index contributed by atoms with van der Waals surface area (Å²) in [6, 6.07) is 14.1. The molecule has 2 atom stereocenters. The highest BCUT2D eigenvalue weighted by Gasteiger charge is 2.16. The SMILES string of the molecule is C[C@H](NCCC(=O)c1ccc(Cl)cc1Cl)[C@H](O)c1ccccc1.Cl. The Kier molecular flexibility index (Phi) is 8.74. The fraction of sp³-hybridized carbons (Fsp3) is 0.278. The lowest BCUT2D eigenvalue weighted by molar-refractivity contribution is 0.0972. The quantitative estimate of drug-likeness (QED) is 0.676. The highest BCUT2D eigenvalue weighted by Crippen LogP contribution is 2.22. The van der Waals surface area contributed by atoms with Gasteiger partial charge in [0.05, 0.1) is 11.1 Å². The van der Waals surface area contributed by atoms with E-state index in [1.807, 2.05) is 37.3 Å². The summed E-state index contributed by atoms with van der Waals surface area (Å²) < 4.78 is 0. The molecule has 2 N–H and O–H groups in total. The molecule has 0 fully saturated rings. The number of ketones is 1. The number of aliphatic hydroxyl groups excluding tert-OH is 1. The molecular weight excluding hydrogens is 369 g/mol. The van der Waals surface area contributed by atoms with Gasteiger partial charge in [0.25, 0.3) is 0 Å². The lowest BCUT2D eigenvalue weighted by Crippen LogP contribution is -2.33. The summed E-state index contributed by atoms with van der Waals surface area (Å²) in [7, 11) is 0. The molecule has 0 bridgehead atoms. The third-order valence-corrected chi connectivity index (χ3v) is 4.21. The van der Waals surface area contributed by atoms with E-state index in [2.05, 4.69) is 5.32 Å². The largest absolute Gasteiger partial charge is 0.387 e. The van der Waals surface area contributed by atoms with Gasteiger partial charge < -0.3 is 10.4 Å². The molecule has 2 aromatic carbocycles. The number of rotatable bonds is 7. The molecule has 0 unspecified atom stereocenters. The second-order valence-corrected chi connectivity index (χ2v) is 6.24. The molecule has 0 spiro atoms. The molecule has 0 aromatic heterocycles. The van der Waals surface area contributed by atoms with E-state index in [1.165, 1.54) is 0 Å². The molecule has 0 aliphatic rings. The van der Waals surface area contributed by atoms with Gasteiger partial charge in [-0.25, -0.2) is 0 Å². The normalized spacial score (nSPS) is 13.0. The van der Waals surface area contributed by atoms with Crippen LogP contribution < -0.4 is 5.32 Å². The number of hydrogen-bond donors (Lipinski definition) is 2. The maximum absolute atomic E-state index is 12.2. The van der Waals surface area contributed by atoms with Crippen molar-refractivity contribution in [2.45, 2.75) is 25.5 Å². The van der Waals surface area contributed by atoms with Crippen LogP contribution in [0.3, 0.4) is 0 Å². The van der Waals surface area contributed by atoms with Gasteiger partial charge in [-0.3, -0.25) is 4.79 Å². The lowest BCUT2D eigenvalue weighted by atomic mass is 10.0. The van der Waals surface area contributed by atoms with Crippen LogP contribution in [0.1, 0.15) is 35.4 Å². The minimum atomic E-state index is -0.620. The van der Waals surface area contributed by atoms with E-state index >= 15 is 0 Å². The Hall–Kier alpha value is -1.10. The van der Waals surface area contributed by atoms with Crippen LogP contribution in [0.15, 0.2) is 48.5 Å². The van der Waals surface area contributed by atoms with E-state index in [1.54, 1.807) is 18.2 Å². The first-order chi connectivity index (χ1) is 11.0. The molecule has 0 amide bonds. The van der Waals surface area contributed by atoms with Gasteiger partial charge >= 0.3 is 0 Å². The zero-order valence-corrected chi connectivity index (χ0v) is 15.5. The van der Waals surface area contributed by atoms with Crippen molar-refractivity contribution < 1.29 is 9.90 Å². The molecule has 3 nitrogen and oxygen atoms in total. The van der Waals surface area contributed by atoms with Crippen molar-refractivity contribution in [1.29, 1.82) is 0 Å². The zero-order valence-electron chi connectivity index (χ0n) is 13.2. The van der Waals surface area contributed by atoms with Crippen LogP contribution in [0.5, 0.6) is 0 Å². The summed E-state index contributed by atoms with van der Waals surface area (Å²) >= 11 is 11.9. The van der Waals surface area contributed by atoms with Gasteiger partial charge in [-0.2, -0.15) is 0 Å². The molecule has 130 valence electrons. The molecule has 24 heavy (non-hydrogen) atoms. The van der Waals surface area contributed by atoms with E-state index in [0.717, 1.165) is 5.56 Å². The number of Topliss-reactive ketones (excluding diaryl/α,β-unsaturated/α-hetero) is 1. The van der Waals surface area contributed by atoms with Crippen LogP contribution in [-0.2, 0) is 0 Å². The van der Waals surface area contributed by atoms with Crippen LogP contribution in [0, 0.1) is 0 Å². The first kappa shape index (κ1) is 20.9. The summed E-state index contributed by atoms with van der Waals surface area (Å²) in [6.45, 7) is 2.35. The van der Waals surface area contributed by atoms with Gasteiger partial charge in [-0.05, 0) is 30.7 Å². The molecular formula is C18H20Cl3NO2. The third kappa shape index (κ3) is 5.76. The highest BCUT2D eigenvalue weighted by atomic mass is 35.5. The van der Waals surface area contributed by atoms with Gasteiger partial charge in [0.15, 0.2) is 5.78 Å². The number of carbonyl (C=O) groups excluding carboxylic acids is 1. The van der Waals surface area contributed by atoms with Crippen LogP contribution in [-0.4, -0.2) is 23.5 Å². The molecule has 0 heterocycles. The smallest absolute Gasteiger partial charge is 0.165 e. The van der Waals surface area contributed by atoms with Crippen molar-refractivity contribution in [3.63, 3.8) is 0 Å². The molecule has 2 rings (SSSR count). The zero-order chi connectivity index (χ0) is 16.8. The van der Waals surface area contributed by atoms with E-state index in [-0.39, 0.29) is 24.2 Å².